The monoisotopic (exact) mass is 286 g/mol. The Kier molecular flexibility index (Phi) is 3.35. The predicted molar refractivity (Wildman–Crippen MR) is 77.2 cm³/mol. The minimum Gasteiger partial charge on any atom is -0.398 e. The summed E-state index contributed by atoms with van der Waals surface area (Å²) >= 11 is 0. The summed E-state index contributed by atoms with van der Waals surface area (Å²) in [6.07, 6.45) is -0.208. The van der Waals surface area contributed by atoms with E-state index in [0.717, 1.165) is 17.2 Å². The minimum atomic E-state index is -0.693. The van der Waals surface area contributed by atoms with Crippen molar-refractivity contribution in [2.75, 3.05) is 5.73 Å². The van der Waals surface area contributed by atoms with Crippen molar-refractivity contribution >= 4 is 11.6 Å². The van der Waals surface area contributed by atoms with Crippen LogP contribution in [0.5, 0.6) is 0 Å². The van der Waals surface area contributed by atoms with Gasteiger partial charge in [-0.1, -0.05) is 24.3 Å². The number of rotatable bonds is 2. The van der Waals surface area contributed by atoms with E-state index >= 15 is 0 Å². The molecular weight excluding hydrogens is 271 g/mol. The molecule has 2 aromatic rings. The van der Waals surface area contributed by atoms with Gasteiger partial charge in [0.15, 0.2) is 0 Å². The van der Waals surface area contributed by atoms with Gasteiger partial charge in [-0.25, -0.2) is 4.39 Å². The Morgan fingerprint density at radius 1 is 1.29 bits per heavy atom. The average molecular weight is 286 g/mol. The first-order valence-electron chi connectivity index (χ1n) is 6.68. The van der Waals surface area contributed by atoms with Gasteiger partial charge < -0.3 is 16.2 Å². The number of carbonyl (C=O) groups excluding carboxylic acids is 1. The summed E-state index contributed by atoms with van der Waals surface area (Å²) < 4.78 is 13.3. The lowest BCUT2D eigenvalue weighted by molar-refractivity contribution is 0.0858. The van der Waals surface area contributed by atoms with E-state index in [1.54, 1.807) is 0 Å². The second-order valence-electron chi connectivity index (χ2n) is 5.15. The van der Waals surface area contributed by atoms with E-state index in [1.807, 2.05) is 24.3 Å². The van der Waals surface area contributed by atoms with Crippen molar-refractivity contribution in [3.8, 4) is 0 Å². The van der Waals surface area contributed by atoms with Gasteiger partial charge in [0.05, 0.1) is 17.7 Å². The number of nitrogen functional groups attached to an aromatic ring is 1. The lowest BCUT2D eigenvalue weighted by atomic mass is 10.1. The molecule has 1 amide bonds. The molecule has 1 aliphatic rings. The minimum absolute atomic E-state index is 0.0755. The second-order valence-corrected chi connectivity index (χ2v) is 5.15. The molecule has 2 aromatic carbocycles. The third kappa shape index (κ3) is 2.48. The number of hydrogen-bond acceptors (Lipinski definition) is 3. The number of anilines is 1. The van der Waals surface area contributed by atoms with E-state index in [1.165, 1.54) is 12.1 Å². The lowest BCUT2D eigenvalue weighted by Crippen LogP contribution is -2.34. The highest BCUT2D eigenvalue weighted by Crippen LogP contribution is 2.31. The van der Waals surface area contributed by atoms with E-state index in [-0.39, 0.29) is 11.3 Å². The number of aliphatic hydroxyl groups excluding tert-OH is 1. The SMILES string of the molecule is Nc1ccc(F)cc1C(=O)N[C@@H]1c2ccccc2C[C@@H]1O. The van der Waals surface area contributed by atoms with Gasteiger partial charge in [0.2, 0.25) is 0 Å². The number of halogens is 1. The summed E-state index contributed by atoms with van der Waals surface area (Å²) in [4.78, 5) is 12.3. The maximum Gasteiger partial charge on any atom is 0.254 e. The van der Waals surface area contributed by atoms with Gasteiger partial charge in [-0.15, -0.1) is 0 Å². The molecule has 3 rings (SSSR count). The lowest BCUT2D eigenvalue weighted by Gasteiger charge is -2.18. The Balaban J connectivity index is 1.87. The first-order chi connectivity index (χ1) is 10.1. The molecule has 0 aromatic heterocycles. The number of benzene rings is 2. The molecule has 0 saturated heterocycles. The standard InChI is InChI=1S/C16H15FN2O2/c17-10-5-6-13(18)12(8-10)16(21)19-15-11-4-2-1-3-9(11)7-14(15)20/h1-6,8,14-15,20H,7,18H2,(H,19,21)/t14-,15+/m0/s1. The molecule has 0 spiro atoms. The summed E-state index contributed by atoms with van der Waals surface area (Å²) in [6, 6.07) is 10.7. The van der Waals surface area contributed by atoms with E-state index in [4.69, 9.17) is 5.73 Å². The van der Waals surface area contributed by atoms with Gasteiger partial charge in [0.1, 0.15) is 5.82 Å². The number of nitrogens with one attached hydrogen (secondary N) is 1. The highest BCUT2D eigenvalue weighted by atomic mass is 19.1. The number of carbonyl (C=O) groups is 1. The third-order valence-corrected chi connectivity index (χ3v) is 3.75. The molecule has 4 nitrogen and oxygen atoms in total. The van der Waals surface area contributed by atoms with Gasteiger partial charge in [0, 0.05) is 12.1 Å². The fraction of sp³-hybridized carbons (Fsp3) is 0.188. The molecule has 0 saturated carbocycles. The van der Waals surface area contributed by atoms with Crippen molar-refractivity contribution in [2.24, 2.45) is 0 Å². The molecule has 0 radical (unpaired) electrons. The van der Waals surface area contributed by atoms with Crippen LogP contribution in [0.15, 0.2) is 42.5 Å². The summed E-state index contributed by atoms with van der Waals surface area (Å²) in [5.74, 6) is -1.02. The van der Waals surface area contributed by atoms with Crippen molar-refractivity contribution < 1.29 is 14.3 Å². The van der Waals surface area contributed by atoms with E-state index in [0.29, 0.717) is 6.42 Å². The van der Waals surface area contributed by atoms with Gasteiger partial charge >= 0.3 is 0 Å². The molecule has 21 heavy (non-hydrogen) atoms. The molecule has 0 bridgehead atoms. The molecule has 108 valence electrons. The summed E-state index contributed by atoms with van der Waals surface area (Å²) in [7, 11) is 0. The smallest absolute Gasteiger partial charge is 0.254 e. The average Bonchev–Trinajstić information content (AvgIpc) is 2.78. The Morgan fingerprint density at radius 2 is 2.05 bits per heavy atom. The Morgan fingerprint density at radius 3 is 2.86 bits per heavy atom. The first kappa shape index (κ1) is 13.6. The normalized spacial score (nSPS) is 20.1. The van der Waals surface area contributed by atoms with Gasteiger partial charge in [0.25, 0.3) is 5.91 Å². The van der Waals surface area contributed by atoms with Gasteiger partial charge in [-0.3, -0.25) is 4.79 Å². The first-order valence-corrected chi connectivity index (χ1v) is 6.68. The van der Waals surface area contributed by atoms with Crippen LogP contribution in [0.1, 0.15) is 27.5 Å². The highest BCUT2D eigenvalue weighted by molar-refractivity contribution is 5.99. The summed E-state index contributed by atoms with van der Waals surface area (Å²) in [6.45, 7) is 0. The third-order valence-electron chi connectivity index (χ3n) is 3.75. The molecule has 5 heteroatoms. The van der Waals surface area contributed by atoms with Crippen LogP contribution >= 0.6 is 0 Å². The molecule has 0 aliphatic heterocycles. The van der Waals surface area contributed by atoms with E-state index in [9.17, 15) is 14.3 Å². The number of fused-ring (bicyclic) bond motifs is 1. The summed E-state index contributed by atoms with van der Waals surface area (Å²) in [5, 5.41) is 12.8. The molecular formula is C16H15FN2O2. The van der Waals surface area contributed by atoms with Crippen LogP contribution in [0.3, 0.4) is 0 Å². The van der Waals surface area contributed by atoms with Crippen molar-refractivity contribution in [1.82, 2.24) is 5.32 Å². The zero-order valence-corrected chi connectivity index (χ0v) is 11.2. The van der Waals surface area contributed by atoms with Gasteiger partial charge in [-0.2, -0.15) is 0 Å². The molecule has 2 atom stereocenters. The number of amides is 1. The van der Waals surface area contributed by atoms with Crippen molar-refractivity contribution in [3.63, 3.8) is 0 Å². The fourth-order valence-corrected chi connectivity index (χ4v) is 2.69. The quantitative estimate of drug-likeness (QED) is 0.737. The highest BCUT2D eigenvalue weighted by Gasteiger charge is 2.32. The summed E-state index contributed by atoms with van der Waals surface area (Å²) in [5.41, 5.74) is 7.87. The van der Waals surface area contributed by atoms with Gasteiger partial charge in [-0.05, 0) is 29.3 Å². The maximum atomic E-state index is 13.3. The number of nitrogens with two attached hydrogens (primary N) is 1. The van der Waals surface area contributed by atoms with Crippen LogP contribution in [0.25, 0.3) is 0 Å². The van der Waals surface area contributed by atoms with Crippen molar-refractivity contribution in [2.45, 2.75) is 18.6 Å². The topological polar surface area (TPSA) is 75.4 Å². The van der Waals surface area contributed by atoms with Crippen LogP contribution in [0, 0.1) is 5.82 Å². The number of hydrogen-bond donors (Lipinski definition) is 3. The Hall–Kier alpha value is -2.40. The van der Waals surface area contributed by atoms with Crippen LogP contribution < -0.4 is 11.1 Å². The largest absolute Gasteiger partial charge is 0.398 e. The molecule has 1 aliphatic carbocycles. The molecule has 0 unspecified atom stereocenters. The van der Waals surface area contributed by atoms with E-state index in [2.05, 4.69) is 5.32 Å². The Bertz CT molecular complexity index is 702. The van der Waals surface area contributed by atoms with Crippen molar-refractivity contribution in [3.05, 3.63) is 65.0 Å². The van der Waals surface area contributed by atoms with Crippen LogP contribution in [0.2, 0.25) is 0 Å². The zero-order chi connectivity index (χ0) is 15.0. The molecule has 0 fully saturated rings. The van der Waals surface area contributed by atoms with Crippen molar-refractivity contribution in [1.29, 1.82) is 0 Å². The predicted octanol–water partition coefficient (Wildman–Crippen LogP) is 1.80. The van der Waals surface area contributed by atoms with Crippen LogP contribution in [-0.2, 0) is 6.42 Å². The fourth-order valence-electron chi connectivity index (χ4n) is 2.69. The van der Waals surface area contributed by atoms with E-state index < -0.39 is 23.9 Å². The van der Waals surface area contributed by atoms with Crippen LogP contribution in [-0.4, -0.2) is 17.1 Å². The van der Waals surface area contributed by atoms with Crippen LogP contribution in [0.4, 0.5) is 10.1 Å². The Labute approximate surface area is 121 Å². The molecule has 0 heterocycles. The number of aliphatic hydroxyl groups is 1. The second kappa shape index (κ2) is 5.18. The zero-order valence-electron chi connectivity index (χ0n) is 11.2. The molecule has 4 N–H and O–H groups in total. The maximum absolute atomic E-state index is 13.3.